The van der Waals surface area contributed by atoms with Gasteiger partial charge in [-0.25, -0.2) is 0 Å². The van der Waals surface area contributed by atoms with Crippen molar-refractivity contribution in [3.05, 3.63) is 28.2 Å². The summed E-state index contributed by atoms with van der Waals surface area (Å²) in [4.78, 5) is 2.36. The van der Waals surface area contributed by atoms with Crippen LogP contribution in [-0.4, -0.2) is 18.4 Å². The molecule has 1 aromatic carbocycles. The van der Waals surface area contributed by atoms with Crippen molar-refractivity contribution in [2.24, 2.45) is 11.7 Å². The minimum absolute atomic E-state index is 0.132. The molecule has 0 radical (unpaired) electrons. The summed E-state index contributed by atoms with van der Waals surface area (Å²) in [7, 11) is 0. The molecule has 0 amide bonds. The number of amidine groups is 1. The summed E-state index contributed by atoms with van der Waals surface area (Å²) in [5, 5.41) is 7.68. The van der Waals surface area contributed by atoms with Crippen LogP contribution >= 0.6 is 15.9 Å². The highest BCUT2D eigenvalue weighted by atomic mass is 79.9. The van der Waals surface area contributed by atoms with Crippen LogP contribution in [0.5, 0.6) is 0 Å². The fourth-order valence-corrected chi connectivity index (χ4v) is 2.97. The van der Waals surface area contributed by atoms with Crippen LogP contribution in [0.4, 0.5) is 5.69 Å². The van der Waals surface area contributed by atoms with Crippen LogP contribution in [0, 0.1) is 11.3 Å². The molecule has 1 saturated heterocycles. The predicted octanol–water partition coefficient (Wildman–Crippen LogP) is 2.97. The Labute approximate surface area is 111 Å². The van der Waals surface area contributed by atoms with Crippen molar-refractivity contribution in [3.63, 3.8) is 0 Å². The number of hydrogen-bond donors (Lipinski definition) is 2. The quantitative estimate of drug-likeness (QED) is 0.651. The number of nitrogens with zero attached hydrogens (tertiary/aromatic N) is 1. The van der Waals surface area contributed by atoms with Crippen molar-refractivity contribution in [2.45, 2.75) is 26.3 Å². The Bertz CT molecular complexity index is 444. The maximum atomic E-state index is 7.68. The van der Waals surface area contributed by atoms with E-state index in [2.05, 4.69) is 40.7 Å². The van der Waals surface area contributed by atoms with Crippen molar-refractivity contribution in [1.29, 1.82) is 5.41 Å². The average molecular weight is 296 g/mol. The van der Waals surface area contributed by atoms with E-state index in [1.807, 2.05) is 12.1 Å². The Hall–Kier alpha value is -1.03. The van der Waals surface area contributed by atoms with Crippen molar-refractivity contribution in [2.75, 3.05) is 11.4 Å². The molecule has 4 heteroatoms. The fraction of sp³-hybridized carbons (Fsp3) is 0.462. The lowest BCUT2D eigenvalue weighted by Gasteiger charge is -2.26. The SMILES string of the molecule is CC1CC(C)N(c2ccc(Br)cc2C(=N)N)C1. The number of halogens is 1. The summed E-state index contributed by atoms with van der Waals surface area (Å²) >= 11 is 3.43. The minimum atomic E-state index is 0.132. The third-order valence-corrected chi connectivity index (χ3v) is 3.84. The molecule has 0 aliphatic carbocycles. The Morgan fingerprint density at radius 2 is 2.18 bits per heavy atom. The standard InChI is InChI=1S/C13H18BrN3/c1-8-5-9(2)17(7-8)12-4-3-10(14)6-11(12)13(15)16/h3-4,6,8-9H,5,7H2,1-2H3,(H3,15,16). The second-order valence-corrected chi connectivity index (χ2v) is 5.83. The molecule has 1 aliphatic rings. The summed E-state index contributed by atoms with van der Waals surface area (Å²) in [6.45, 7) is 5.54. The Kier molecular flexibility index (Phi) is 3.43. The summed E-state index contributed by atoms with van der Waals surface area (Å²) in [6.07, 6.45) is 1.20. The lowest BCUT2D eigenvalue weighted by molar-refractivity contribution is 0.625. The molecule has 1 aromatic rings. The zero-order valence-electron chi connectivity index (χ0n) is 10.2. The first-order chi connectivity index (χ1) is 7.99. The van der Waals surface area contributed by atoms with Gasteiger partial charge in [-0.05, 0) is 37.5 Å². The maximum Gasteiger partial charge on any atom is 0.124 e. The van der Waals surface area contributed by atoms with E-state index in [-0.39, 0.29) is 5.84 Å². The highest BCUT2D eigenvalue weighted by molar-refractivity contribution is 9.10. The average Bonchev–Trinajstić information content (AvgIpc) is 2.57. The van der Waals surface area contributed by atoms with Crippen LogP contribution in [0.15, 0.2) is 22.7 Å². The lowest BCUT2D eigenvalue weighted by Crippen LogP contribution is -2.29. The van der Waals surface area contributed by atoms with Gasteiger partial charge in [0.05, 0.1) is 0 Å². The molecule has 17 heavy (non-hydrogen) atoms. The first-order valence-corrected chi connectivity index (χ1v) is 6.69. The van der Waals surface area contributed by atoms with E-state index < -0.39 is 0 Å². The number of rotatable bonds is 2. The molecule has 1 fully saturated rings. The smallest absolute Gasteiger partial charge is 0.124 e. The second kappa shape index (κ2) is 4.69. The highest BCUT2D eigenvalue weighted by Crippen LogP contribution is 2.32. The van der Waals surface area contributed by atoms with Gasteiger partial charge >= 0.3 is 0 Å². The van der Waals surface area contributed by atoms with E-state index in [0.717, 1.165) is 22.3 Å². The van der Waals surface area contributed by atoms with Gasteiger partial charge in [0.2, 0.25) is 0 Å². The van der Waals surface area contributed by atoms with Gasteiger partial charge in [-0.2, -0.15) is 0 Å². The third kappa shape index (κ3) is 2.46. The number of hydrogen-bond acceptors (Lipinski definition) is 2. The second-order valence-electron chi connectivity index (χ2n) is 4.92. The molecule has 2 unspecified atom stereocenters. The van der Waals surface area contributed by atoms with E-state index in [4.69, 9.17) is 11.1 Å². The van der Waals surface area contributed by atoms with Crippen LogP contribution in [0.3, 0.4) is 0 Å². The Morgan fingerprint density at radius 3 is 2.71 bits per heavy atom. The van der Waals surface area contributed by atoms with Crippen LogP contribution in [0.2, 0.25) is 0 Å². The molecule has 0 aromatic heterocycles. The van der Waals surface area contributed by atoms with E-state index in [0.29, 0.717) is 12.0 Å². The molecule has 3 N–H and O–H groups in total. The number of anilines is 1. The lowest BCUT2D eigenvalue weighted by atomic mass is 10.1. The zero-order valence-corrected chi connectivity index (χ0v) is 11.8. The topological polar surface area (TPSA) is 53.1 Å². The number of nitrogens with two attached hydrogens (primary N) is 1. The zero-order chi connectivity index (χ0) is 12.6. The summed E-state index contributed by atoms with van der Waals surface area (Å²) in [5.41, 5.74) is 7.57. The van der Waals surface area contributed by atoms with Crippen molar-refractivity contribution < 1.29 is 0 Å². The maximum absolute atomic E-state index is 7.68. The summed E-state index contributed by atoms with van der Waals surface area (Å²) in [6, 6.07) is 6.50. The molecule has 2 rings (SSSR count). The third-order valence-electron chi connectivity index (χ3n) is 3.34. The highest BCUT2D eigenvalue weighted by Gasteiger charge is 2.28. The molecule has 2 atom stereocenters. The van der Waals surface area contributed by atoms with Gasteiger partial charge in [0, 0.05) is 28.3 Å². The van der Waals surface area contributed by atoms with Gasteiger partial charge in [-0.3, -0.25) is 5.41 Å². The van der Waals surface area contributed by atoms with Crippen molar-refractivity contribution >= 4 is 27.5 Å². The van der Waals surface area contributed by atoms with Crippen LogP contribution in [0.25, 0.3) is 0 Å². The van der Waals surface area contributed by atoms with E-state index in [1.165, 1.54) is 6.42 Å². The van der Waals surface area contributed by atoms with Crippen molar-refractivity contribution in [1.82, 2.24) is 0 Å². The van der Waals surface area contributed by atoms with Gasteiger partial charge in [0.1, 0.15) is 5.84 Å². The van der Waals surface area contributed by atoms with Gasteiger partial charge in [0.15, 0.2) is 0 Å². The molecule has 1 aliphatic heterocycles. The molecule has 1 heterocycles. The number of benzene rings is 1. The van der Waals surface area contributed by atoms with Crippen LogP contribution < -0.4 is 10.6 Å². The van der Waals surface area contributed by atoms with Gasteiger partial charge in [0.25, 0.3) is 0 Å². The number of nitrogen functional groups attached to an aromatic ring is 1. The van der Waals surface area contributed by atoms with E-state index in [1.54, 1.807) is 0 Å². The predicted molar refractivity (Wildman–Crippen MR) is 75.7 cm³/mol. The monoisotopic (exact) mass is 295 g/mol. The largest absolute Gasteiger partial charge is 0.384 e. The molecule has 0 spiro atoms. The fourth-order valence-electron chi connectivity index (χ4n) is 2.61. The Balaban J connectivity index is 2.41. The van der Waals surface area contributed by atoms with Crippen molar-refractivity contribution in [3.8, 4) is 0 Å². The molecule has 0 saturated carbocycles. The van der Waals surface area contributed by atoms with Crippen LogP contribution in [-0.2, 0) is 0 Å². The van der Waals surface area contributed by atoms with Gasteiger partial charge < -0.3 is 10.6 Å². The Morgan fingerprint density at radius 1 is 1.47 bits per heavy atom. The summed E-state index contributed by atoms with van der Waals surface area (Å²) in [5.74, 6) is 0.835. The molecule has 3 nitrogen and oxygen atoms in total. The first-order valence-electron chi connectivity index (χ1n) is 5.89. The van der Waals surface area contributed by atoms with Crippen LogP contribution in [0.1, 0.15) is 25.8 Å². The first kappa shape index (κ1) is 12.4. The van der Waals surface area contributed by atoms with E-state index in [9.17, 15) is 0 Å². The molecular weight excluding hydrogens is 278 g/mol. The van der Waals surface area contributed by atoms with Gasteiger partial charge in [-0.1, -0.05) is 22.9 Å². The minimum Gasteiger partial charge on any atom is -0.384 e. The molecular formula is C13H18BrN3. The van der Waals surface area contributed by atoms with Gasteiger partial charge in [-0.15, -0.1) is 0 Å². The number of nitrogens with one attached hydrogen (secondary N) is 1. The van der Waals surface area contributed by atoms with E-state index >= 15 is 0 Å². The molecule has 0 bridgehead atoms. The summed E-state index contributed by atoms with van der Waals surface area (Å²) < 4.78 is 0.964. The normalized spacial score (nSPS) is 24.1. The molecule has 92 valence electrons.